The number of halogens is 1. The highest BCUT2D eigenvalue weighted by Crippen LogP contribution is 2.21. The van der Waals surface area contributed by atoms with Crippen molar-refractivity contribution in [1.82, 2.24) is 14.5 Å². The molecular formula is C21H20FN3O2. The predicted octanol–water partition coefficient (Wildman–Crippen LogP) is 4.15. The van der Waals surface area contributed by atoms with E-state index in [4.69, 9.17) is 4.74 Å². The Labute approximate surface area is 157 Å². The van der Waals surface area contributed by atoms with Crippen LogP contribution in [-0.4, -0.2) is 27.6 Å². The number of methoxy groups -OCH3 is 1. The van der Waals surface area contributed by atoms with Gasteiger partial charge in [-0.05, 0) is 49.2 Å². The van der Waals surface area contributed by atoms with Crippen LogP contribution in [0.2, 0.25) is 0 Å². The molecule has 5 nitrogen and oxygen atoms in total. The third-order valence-electron chi connectivity index (χ3n) is 4.17. The summed E-state index contributed by atoms with van der Waals surface area (Å²) in [6.45, 7) is 2.58. The number of imidazole rings is 1. The van der Waals surface area contributed by atoms with Gasteiger partial charge in [-0.2, -0.15) is 0 Å². The lowest BCUT2D eigenvalue weighted by Gasteiger charge is -2.11. The van der Waals surface area contributed by atoms with E-state index in [9.17, 15) is 9.18 Å². The van der Waals surface area contributed by atoms with Crippen LogP contribution in [0.4, 0.5) is 4.39 Å². The molecule has 1 aromatic carbocycles. The van der Waals surface area contributed by atoms with Crippen LogP contribution in [0, 0.1) is 5.82 Å². The summed E-state index contributed by atoms with van der Waals surface area (Å²) in [6.07, 6.45) is 7.95. The van der Waals surface area contributed by atoms with Crippen LogP contribution in [0.5, 0.6) is 0 Å². The van der Waals surface area contributed by atoms with E-state index in [0.29, 0.717) is 30.0 Å². The molecule has 2 heterocycles. The third kappa shape index (κ3) is 4.28. The quantitative estimate of drug-likeness (QED) is 0.616. The molecule has 0 fully saturated rings. The van der Waals surface area contributed by atoms with Gasteiger partial charge in [0.2, 0.25) is 0 Å². The Morgan fingerprint density at radius 2 is 2.00 bits per heavy atom. The van der Waals surface area contributed by atoms with Crippen LogP contribution >= 0.6 is 0 Å². The fourth-order valence-electron chi connectivity index (χ4n) is 2.82. The Morgan fingerprint density at radius 3 is 2.70 bits per heavy atom. The van der Waals surface area contributed by atoms with Crippen LogP contribution < -0.4 is 0 Å². The number of rotatable bonds is 6. The number of esters is 1. The third-order valence-corrected chi connectivity index (χ3v) is 4.17. The minimum atomic E-state index is -0.420. The number of aryl methyl sites for hydroxylation is 1. The lowest BCUT2D eigenvalue weighted by Crippen LogP contribution is -2.07. The van der Waals surface area contributed by atoms with Gasteiger partial charge >= 0.3 is 5.97 Å². The molecular weight excluding hydrogens is 345 g/mol. The summed E-state index contributed by atoms with van der Waals surface area (Å²) in [5.74, 6) is -0.00629. The maximum absolute atomic E-state index is 13.1. The zero-order chi connectivity index (χ0) is 19.2. The number of allylic oxidation sites excluding steroid dienone is 1. The SMILES string of the molecule is C/C=C\c1cnc(-c2cc(C(=O)OC)ccn2)n1CCc1ccc(F)cc1. The molecule has 3 aromatic rings. The van der Waals surface area contributed by atoms with Crippen molar-refractivity contribution in [3.05, 3.63) is 77.5 Å². The van der Waals surface area contributed by atoms with Crippen LogP contribution in [0.25, 0.3) is 17.6 Å². The molecule has 0 N–H and O–H groups in total. The Bertz CT molecular complexity index is 962. The number of carbonyl (C=O) groups excluding carboxylic acids is 1. The summed E-state index contributed by atoms with van der Waals surface area (Å²) in [4.78, 5) is 20.7. The van der Waals surface area contributed by atoms with Gasteiger partial charge in [0.25, 0.3) is 0 Å². The van der Waals surface area contributed by atoms with E-state index in [-0.39, 0.29) is 5.82 Å². The first kappa shape index (κ1) is 18.5. The number of benzene rings is 1. The Morgan fingerprint density at radius 1 is 1.22 bits per heavy atom. The normalized spacial score (nSPS) is 11.1. The second-order valence-corrected chi connectivity index (χ2v) is 5.96. The highest BCUT2D eigenvalue weighted by Gasteiger charge is 2.14. The van der Waals surface area contributed by atoms with E-state index in [1.165, 1.54) is 19.2 Å². The number of aromatic nitrogens is 3. The Kier molecular flexibility index (Phi) is 5.76. The molecule has 3 rings (SSSR count). The molecule has 0 unspecified atom stereocenters. The smallest absolute Gasteiger partial charge is 0.337 e. The van der Waals surface area contributed by atoms with Crippen molar-refractivity contribution in [3.8, 4) is 11.5 Å². The average Bonchev–Trinajstić information content (AvgIpc) is 3.10. The molecule has 0 aliphatic heterocycles. The number of hydrogen-bond donors (Lipinski definition) is 0. The van der Waals surface area contributed by atoms with Gasteiger partial charge in [-0.1, -0.05) is 18.2 Å². The molecule has 0 spiro atoms. The van der Waals surface area contributed by atoms with Crippen LogP contribution in [0.15, 0.2) is 54.9 Å². The maximum atomic E-state index is 13.1. The molecule has 0 aliphatic rings. The second-order valence-electron chi connectivity index (χ2n) is 5.96. The summed E-state index contributed by atoms with van der Waals surface area (Å²) < 4.78 is 19.9. The fraction of sp³-hybridized carbons (Fsp3) is 0.190. The van der Waals surface area contributed by atoms with Gasteiger partial charge in [-0.25, -0.2) is 14.2 Å². The van der Waals surface area contributed by atoms with Crippen LogP contribution in [0.3, 0.4) is 0 Å². The summed E-state index contributed by atoms with van der Waals surface area (Å²) in [7, 11) is 1.34. The first-order chi connectivity index (χ1) is 13.1. The first-order valence-corrected chi connectivity index (χ1v) is 8.59. The maximum Gasteiger partial charge on any atom is 0.337 e. The number of pyridine rings is 1. The molecule has 27 heavy (non-hydrogen) atoms. The zero-order valence-corrected chi connectivity index (χ0v) is 15.2. The van der Waals surface area contributed by atoms with Crippen LogP contribution in [0.1, 0.15) is 28.5 Å². The predicted molar refractivity (Wildman–Crippen MR) is 102 cm³/mol. The highest BCUT2D eigenvalue weighted by atomic mass is 19.1. The molecule has 0 bridgehead atoms. The van der Waals surface area contributed by atoms with E-state index in [2.05, 4.69) is 9.97 Å². The van der Waals surface area contributed by atoms with Gasteiger partial charge < -0.3 is 9.30 Å². The first-order valence-electron chi connectivity index (χ1n) is 8.59. The molecule has 0 atom stereocenters. The summed E-state index contributed by atoms with van der Waals surface area (Å²) in [5, 5.41) is 0. The van der Waals surface area contributed by atoms with Crippen molar-refractivity contribution in [1.29, 1.82) is 0 Å². The highest BCUT2D eigenvalue weighted by molar-refractivity contribution is 5.90. The minimum absolute atomic E-state index is 0.250. The van der Waals surface area contributed by atoms with Crippen molar-refractivity contribution in [2.24, 2.45) is 0 Å². The molecule has 6 heteroatoms. The summed E-state index contributed by atoms with van der Waals surface area (Å²) in [6, 6.07) is 9.74. The van der Waals surface area contributed by atoms with Gasteiger partial charge in [0, 0.05) is 12.7 Å². The average molecular weight is 365 g/mol. The number of nitrogens with zero attached hydrogens (tertiary/aromatic N) is 3. The topological polar surface area (TPSA) is 57.0 Å². The van der Waals surface area contributed by atoms with Crippen molar-refractivity contribution in [2.45, 2.75) is 19.9 Å². The van der Waals surface area contributed by atoms with E-state index in [1.54, 1.807) is 36.7 Å². The van der Waals surface area contributed by atoms with Gasteiger partial charge in [-0.15, -0.1) is 0 Å². The molecule has 0 aliphatic carbocycles. The van der Waals surface area contributed by atoms with Crippen molar-refractivity contribution in [3.63, 3.8) is 0 Å². The summed E-state index contributed by atoms with van der Waals surface area (Å²) >= 11 is 0. The van der Waals surface area contributed by atoms with Crippen molar-refractivity contribution in [2.75, 3.05) is 7.11 Å². The van der Waals surface area contributed by atoms with Crippen molar-refractivity contribution < 1.29 is 13.9 Å². The Balaban J connectivity index is 1.94. The summed E-state index contributed by atoms with van der Waals surface area (Å²) in [5.41, 5.74) is 2.97. The zero-order valence-electron chi connectivity index (χ0n) is 15.2. The minimum Gasteiger partial charge on any atom is -0.465 e. The molecule has 0 saturated carbocycles. The lowest BCUT2D eigenvalue weighted by molar-refractivity contribution is 0.0600. The standard InChI is InChI=1S/C21H20FN3O2/c1-3-4-18-14-24-20(19-13-16(9-11-23-19)21(26)27-2)25(18)12-10-15-5-7-17(22)8-6-15/h3-9,11,13-14H,10,12H2,1-2H3/b4-3-. The van der Waals surface area contributed by atoms with E-state index in [0.717, 1.165) is 11.3 Å². The monoisotopic (exact) mass is 365 g/mol. The number of ether oxygens (including phenoxy) is 1. The molecule has 0 saturated heterocycles. The van der Waals surface area contributed by atoms with Gasteiger partial charge in [0.1, 0.15) is 11.5 Å². The van der Waals surface area contributed by atoms with Crippen molar-refractivity contribution >= 4 is 12.0 Å². The van der Waals surface area contributed by atoms with E-state index >= 15 is 0 Å². The van der Waals surface area contributed by atoms with E-state index in [1.807, 2.05) is 23.6 Å². The Hall–Kier alpha value is -3.28. The molecule has 0 radical (unpaired) electrons. The molecule has 2 aromatic heterocycles. The van der Waals surface area contributed by atoms with Gasteiger partial charge in [-0.3, -0.25) is 4.98 Å². The van der Waals surface area contributed by atoms with E-state index < -0.39 is 5.97 Å². The number of carbonyl (C=O) groups is 1. The van der Waals surface area contributed by atoms with Crippen LogP contribution in [-0.2, 0) is 17.7 Å². The van der Waals surface area contributed by atoms with Gasteiger partial charge in [0.15, 0.2) is 5.82 Å². The van der Waals surface area contributed by atoms with Gasteiger partial charge in [0.05, 0.1) is 24.6 Å². The molecule has 0 amide bonds. The molecule has 138 valence electrons. The number of hydrogen-bond acceptors (Lipinski definition) is 4. The lowest BCUT2D eigenvalue weighted by atomic mass is 10.1. The second kappa shape index (κ2) is 8.40. The largest absolute Gasteiger partial charge is 0.465 e. The fourth-order valence-corrected chi connectivity index (χ4v) is 2.82.